The van der Waals surface area contributed by atoms with E-state index in [-0.39, 0.29) is 0 Å². The van der Waals surface area contributed by atoms with Crippen molar-refractivity contribution in [1.29, 1.82) is 5.26 Å². The van der Waals surface area contributed by atoms with Gasteiger partial charge in [0.15, 0.2) is 5.16 Å². The van der Waals surface area contributed by atoms with Crippen molar-refractivity contribution in [3.63, 3.8) is 0 Å². The molecule has 14 heavy (non-hydrogen) atoms. The summed E-state index contributed by atoms with van der Waals surface area (Å²) in [5.41, 5.74) is 0. The van der Waals surface area contributed by atoms with Gasteiger partial charge in [-0.25, -0.2) is 0 Å². The molecule has 0 unspecified atom stereocenters. The summed E-state index contributed by atoms with van der Waals surface area (Å²) in [5, 5.41) is 16.8. The number of aromatic nitrogens is 3. The third-order valence-electron chi connectivity index (χ3n) is 1.49. The van der Waals surface area contributed by atoms with Crippen LogP contribution < -0.4 is 0 Å². The van der Waals surface area contributed by atoms with E-state index in [1.807, 2.05) is 17.7 Å². The summed E-state index contributed by atoms with van der Waals surface area (Å²) in [5.74, 6) is 0.831. The first-order valence-electron chi connectivity index (χ1n) is 4.26. The van der Waals surface area contributed by atoms with E-state index in [4.69, 9.17) is 10.00 Å². The Morgan fingerprint density at radius 1 is 1.64 bits per heavy atom. The third kappa shape index (κ3) is 3.77. The number of nitriles is 1. The Kier molecular flexibility index (Phi) is 5.04. The zero-order valence-corrected chi connectivity index (χ0v) is 8.83. The molecule has 0 saturated heterocycles. The maximum Gasteiger partial charge on any atom is 0.190 e. The topological polar surface area (TPSA) is 63.7 Å². The van der Waals surface area contributed by atoms with Crippen LogP contribution in [0.5, 0.6) is 0 Å². The fourth-order valence-corrected chi connectivity index (χ4v) is 1.55. The second kappa shape index (κ2) is 6.40. The monoisotopic (exact) mass is 212 g/mol. The summed E-state index contributed by atoms with van der Waals surface area (Å²) in [7, 11) is 1.90. The van der Waals surface area contributed by atoms with Gasteiger partial charge in [0.05, 0.1) is 25.7 Å². The SMILES string of the molecule is Cn1cnnc1SCCOCCC#N. The van der Waals surface area contributed by atoms with Crippen molar-refractivity contribution in [2.75, 3.05) is 19.0 Å². The lowest BCUT2D eigenvalue weighted by molar-refractivity contribution is 0.156. The number of nitrogens with zero attached hydrogens (tertiary/aromatic N) is 4. The zero-order chi connectivity index (χ0) is 10.2. The number of thioether (sulfide) groups is 1. The van der Waals surface area contributed by atoms with E-state index in [9.17, 15) is 0 Å². The molecule has 1 rings (SSSR count). The molecule has 0 aliphatic heterocycles. The largest absolute Gasteiger partial charge is 0.380 e. The van der Waals surface area contributed by atoms with Crippen LogP contribution in [0.3, 0.4) is 0 Å². The van der Waals surface area contributed by atoms with Gasteiger partial charge in [0, 0.05) is 12.8 Å². The molecule has 0 aromatic carbocycles. The second-order valence-corrected chi connectivity index (χ2v) is 3.66. The molecule has 0 atom stereocenters. The van der Waals surface area contributed by atoms with Crippen LogP contribution in [-0.4, -0.2) is 33.7 Å². The lowest BCUT2D eigenvalue weighted by atomic mass is 10.5. The van der Waals surface area contributed by atoms with Crippen molar-refractivity contribution in [3.8, 4) is 6.07 Å². The molecule has 0 fully saturated rings. The molecule has 1 aromatic rings. The van der Waals surface area contributed by atoms with E-state index in [1.165, 1.54) is 0 Å². The molecular weight excluding hydrogens is 200 g/mol. The molecule has 0 bridgehead atoms. The predicted octanol–water partition coefficient (Wildman–Crippen LogP) is 0.837. The summed E-state index contributed by atoms with van der Waals surface area (Å²) in [6, 6.07) is 2.02. The Labute approximate surface area is 87.1 Å². The van der Waals surface area contributed by atoms with E-state index in [2.05, 4.69) is 10.2 Å². The van der Waals surface area contributed by atoms with Gasteiger partial charge < -0.3 is 9.30 Å². The molecule has 1 heterocycles. The fourth-order valence-electron chi connectivity index (χ4n) is 0.815. The van der Waals surface area contributed by atoms with Crippen molar-refractivity contribution in [2.45, 2.75) is 11.6 Å². The summed E-state index contributed by atoms with van der Waals surface area (Å²) < 4.78 is 7.07. The molecule has 5 nitrogen and oxygen atoms in total. The first kappa shape index (κ1) is 11.0. The van der Waals surface area contributed by atoms with Gasteiger partial charge in [-0.15, -0.1) is 10.2 Å². The molecule has 0 saturated carbocycles. The number of rotatable bonds is 6. The van der Waals surface area contributed by atoms with Crippen LogP contribution in [0.1, 0.15) is 6.42 Å². The zero-order valence-electron chi connectivity index (χ0n) is 8.01. The molecule has 0 aliphatic carbocycles. The van der Waals surface area contributed by atoms with Crippen molar-refractivity contribution in [2.24, 2.45) is 7.05 Å². The highest BCUT2D eigenvalue weighted by Crippen LogP contribution is 2.12. The summed E-state index contributed by atoms with van der Waals surface area (Å²) in [6.07, 6.45) is 2.12. The Bertz CT molecular complexity index is 307. The highest BCUT2D eigenvalue weighted by atomic mass is 32.2. The molecular formula is C8H12N4OS. The minimum absolute atomic E-state index is 0.453. The maximum atomic E-state index is 8.25. The van der Waals surface area contributed by atoms with Gasteiger partial charge in [-0.3, -0.25) is 0 Å². The lowest BCUT2D eigenvalue weighted by Crippen LogP contribution is -1.99. The minimum Gasteiger partial charge on any atom is -0.380 e. The van der Waals surface area contributed by atoms with E-state index in [0.29, 0.717) is 19.6 Å². The van der Waals surface area contributed by atoms with Gasteiger partial charge in [-0.1, -0.05) is 11.8 Å². The smallest absolute Gasteiger partial charge is 0.190 e. The first-order chi connectivity index (χ1) is 6.84. The second-order valence-electron chi connectivity index (χ2n) is 2.59. The average molecular weight is 212 g/mol. The van der Waals surface area contributed by atoms with Crippen LogP contribution in [0, 0.1) is 11.3 Å². The normalized spacial score (nSPS) is 10.0. The van der Waals surface area contributed by atoms with Gasteiger partial charge in [0.25, 0.3) is 0 Å². The Morgan fingerprint density at radius 2 is 2.50 bits per heavy atom. The molecule has 0 amide bonds. The number of hydrogen-bond acceptors (Lipinski definition) is 5. The van der Waals surface area contributed by atoms with Gasteiger partial charge >= 0.3 is 0 Å². The quantitative estimate of drug-likeness (QED) is 0.516. The minimum atomic E-state index is 0.453. The lowest BCUT2D eigenvalue weighted by Gasteiger charge is -2.00. The third-order valence-corrected chi connectivity index (χ3v) is 2.49. The van der Waals surface area contributed by atoms with Crippen molar-refractivity contribution < 1.29 is 4.74 Å². The number of hydrogen-bond donors (Lipinski definition) is 0. The van der Waals surface area contributed by atoms with Crippen LogP contribution in [-0.2, 0) is 11.8 Å². The van der Waals surface area contributed by atoms with E-state index >= 15 is 0 Å². The van der Waals surface area contributed by atoms with Crippen LogP contribution in [0.25, 0.3) is 0 Å². The maximum absolute atomic E-state index is 8.25. The summed E-state index contributed by atoms with van der Waals surface area (Å²) >= 11 is 1.59. The highest BCUT2D eigenvalue weighted by Gasteiger charge is 1.99. The van der Waals surface area contributed by atoms with Crippen molar-refractivity contribution in [3.05, 3.63) is 6.33 Å². The van der Waals surface area contributed by atoms with Gasteiger partial charge in [-0.05, 0) is 0 Å². The summed E-state index contributed by atoms with van der Waals surface area (Å²) in [6.45, 7) is 1.15. The first-order valence-corrected chi connectivity index (χ1v) is 5.24. The molecule has 0 aliphatic rings. The Hall–Kier alpha value is -1.06. The van der Waals surface area contributed by atoms with Gasteiger partial charge in [0.1, 0.15) is 6.33 Å². The molecule has 6 heteroatoms. The fraction of sp³-hybridized carbons (Fsp3) is 0.625. The van der Waals surface area contributed by atoms with Crippen LogP contribution >= 0.6 is 11.8 Å². The standard InChI is InChI=1S/C8H12N4OS/c1-12-7-10-11-8(12)14-6-5-13-4-2-3-9/h7H,2,4-6H2,1H3. The van der Waals surface area contributed by atoms with E-state index in [0.717, 1.165) is 10.9 Å². The van der Waals surface area contributed by atoms with E-state index < -0.39 is 0 Å². The predicted molar refractivity (Wildman–Crippen MR) is 52.8 cm³/mol. The number of ether oxygens (including phenoxy) is 1. The number of aryl methyl sites for hydroxylation is 1. The Morgan fingerprint density at radius 3 is 3.14 bits per heavy atom. The van der Waals surface area contributed by atoms with E-state index in [1.54, 1.807) is 18.1 Å². The van der Waals surface area contributed by atoms with Crippen molar-refractivity contribution >= 4 is 11.8 Å². The highest BCUT2D eigenvalue weighted by molar-refractivity contribution is 7.99. The van der Waals surface area contributed by atoms with Crippen molar-refractivity contribution in [1.82, 2.24) is 14.8 Å². The van der Waals surface area contributed by atoms with Crippen LogP contribution in [0.4, 0.5) is 0 Å². The summed E-state index contributed by atoms with van der Waals surface area (Å²) in [4.78, 5) is 0. The van der Waals surface area contributed by atoms with Gasteiger partial charge in [0.2, 0.25) is 0 Å². The van der Waals surface area contributed by atoms with Gasteiger partial charge in [-0.2, -0.15) is 5.26 Å². The van der Waals surface area contributed by atoms with Crippen LogP contribution in [0.2, 0.25) is 0 Å². The van der Waals surface area contributed by atoms with Crippen LogP contribution in [0.15, 0.2) is 11.5 Å². The Balaban J connectivity index is 2.05. The average Bonchev–Trinajstić information content (AvgIpc) is 2.58. The molecule has 76 valence electrons. The molecule has 1 aromatic heterocycles. The molecule has 0 N–H and O–H groups in total. The molecule has 0 spiro atoms. The molecule has 0 radical (unpaired) electrons.